The molecule has 2 unspecified atom stereocenters. The summed E-state index contributed by atoms with van der Waals surface area (Å²) in [6, 6.07) is 10.9. The van der Waals surface area contributed by atoms with Gasteiger partial charge in [-0.3, -0.25) is 4.98 Å². The molecular formula is C23H28N2O5S. The van der Waals surface area contributed by atoms with Crippen LogP contribution in [0.15, 0.2) is 47.5 Å². The molecule has 0 N–H and O–H groups in total. The van der Waals surface area contributed by atoms with Crippen molar-refractivity contribution >= 4 is 15.9 Å². The number of rotatable bonds is 5. The molecule has 31 heavy (non-hydrogen) atoms. The fourth-order valence-corrected chi connectivity index (χ4v) is 4.62. The molecule has 1 saturated heterocycles. The highest BCUT2D eigenvalue weighted by Gasteiger charge is 2.57. The van der Waals surface area contributed by atoms with Crippen LogP contribution in [0.5, 0.6) is 5.75 Å². The highest BCUT2D eigenvalue weighted by atomic mass is 32.2. The zero-order valence-electron chi connectivity index (χ0n) is 18.2. The second-order valence-corrected chi connectivity index (χ2v) is 11.4. The van der Waals surface area contributed by atoms with Gasteiger partial charge in [0.2, 0.25) is 0 Å². The van der Waals surface area contributed by atoms with Gasteiger partial charge in [0.05, 0.1) is 17.2 Å². The van der Waals surface area contributed by atoms with E-state index in [1.165, 1.54) is 12.5 Å². The van der Waals surface area contributed by atoms with Gasteiger partial charge in [0, 0.05) is 37.0 Å². The number of carbonyl (C=O) groups excluding carboxylic acids is 1. The highest BCUT2D eigenvalue weighted by molar-refractivity contribution is 7.90. The zero-order valence-corrected chi connectivity index (χ0v) is 19.1. The lowest BCUT2D eigenvalue weighted by Gasteiger charge is -2.25. The number of aromatic nitrogens is 1. The number of pyridine rings is 1. The second-order valence-electron chi connectivity index (χ2n) is 9.36. The van der Waals surface area contributed by atoms with E-state index in [4.69, 9.17) is 9.47 Å². The molecule has 7 nitrogen and oxygen atoms in total. The summed E-state index contributed by atoms with van der Waals surface area (Å²) in [7, 11) is -3.25. The molecule has 4 rings (SSSR count). The van der Waals surface area contributed by atoms with Crippen LogP contribution in [0.25, 0.3) is 11.3 Å². The lowest BCUT2D eigenvalue weighted by atomic mass is 10.1. The molecule has 0 bridgehead atoms. The molecule has 2 fully saturated rings. The van der Waals surface area contributed by atoms with E-state index >= 15 is 0 Å². The van der Waals surface area contributed by atoms with Gasteiger partial charge in [-0.25, -0.2) is 13.2 Å². The van der Waals surface area contributed by atoms with Gasteiger partial charge in [-0.1, -0.05) is 0 Å². The van der Waals surface area contributed by atoms with Crippen molar-refractivity contribution in [1.82, 2.24) is 9.88 Å². The minimum atomic E-state index is -3.25. The van der Waals surface area contributed by atoms with Gasteiger partial charge in [0.15, 0.2) is 9.84 Å². The summed E-state index contributed by atoms with van der Waals surface area (Å²) in [4.78, 5) is 18.4. The van der Waals surface area contributed by atoms with Crippen molar-refractivity contribution in [3.8, 4) is 17.0 Å². The Kier molecular flexibility index (Phi) is 5.45. The van der Waals surface area contributed by atoms with E-state index in [2.05, 4.69) is 4.98 Å². The van der Waals surface area contributed by atoms with E-state index in [0.717, 1.165) is 24.4 Å². The Labute approximate surface area is 183 Å². The maximum atomic E-state index is 12.2. The van der Waals surface area contributed by atoms with E-state index < -0.39 is 15.4 Å². The van der Waals surface area contributed by atoms with Crippen LogP contribution in [-0.2, 0) is 14.6 Å². The molecule has 0 radical (unpaired) electrons. The molecule has 2 heterocycles. The maximum absolute atomic E-state index is 12.2. The number of likely N-dealkylation sites (tertiary alicyclic amines) is 1. The Balaban J connectivity index is 1.27. The highest BCUT2D eigenvalue weighted by Crippen LogP contribution is 2.52. The Bertz CT molecular complexity index is 1050. The Morgan fingerprint density at radius 2 is 1.74 bits per heavy atom. The van der Waals surface area contributed by atoms with Crippen molar-refractivity contribution in [2.75, 3.05) is 26.0 Å². The first-order valence-electron chi connectivity index (χ1n) is 10.4. The quantitative estimate of drug-likeness (QED) is 0.700. The molecule has 1 amide bonds. The van der Waals surface area contributed by atoms with Crippen LogP contribution in [-0.4, -0.2) is 55.9 Å². The van der Waals surface area contributed by atoms with E-state index in [9.17, 15) is 13.2 Å². The molecule has 1 aliphatic carbocycles. The number of carbonyl (C=O) groups is 1. The monoisotopic (exact) mass is 444 g/mol. The number of benzene rings is 1. The minimum Gasteiger partial charge on any atom is -0.493 e. The van der Waals surface area contributed by atoms with Gasteiger partial charge < -0.3 is 14.4 Å². The predicted octanol–water partition coefficient (Wildman–Crippen LogP) is 3.64. The maximum Gasteiger partial charge on any atom is 0.410 e. The van der Waals surface area contributed by atoms with E-state index in [1.807, 2.05) is 45.0 Å². The zero-order chi connectivity index (χ0) is 22.4. The average Bonchev–Trinajstić information content (AvgIpc) is 3.13. The number of fused-ring (bicyclic) bond motifs is 1. The van der Waals surface area contributed by atoms with Crippen molar-refractivity contribution in [1.29, 1.82) is 0 Å². The SMILES string of the molecule is CC(C)(C)OC(=O)N1CC2C(COc3ccc(-c4ccc(S(C)(=O)=O)cn4)cc3)C2C1. The van der Waals surface area contributed by atoms with Gasteiger partial charge >= 0.3 is 6.09 Å². The predicted molar refractivity (Wildman–Crippen MR) is 117 cm³/mol. The summed E-state index contributed by atoms with van der Waals surface area (Å²) in [5.74, 6) is 2.24. The molecule has 2 atom stereocenters. The lowest BCUT2D eigenvalue weighted by molar-refractivity contribution is 0.0261. The number of nitrogens with zero attached hydrogens (tertiary/aromatic N) is 2. The van der Waals surface area contributed by atoms with Gasteiger partial charge in [0.1, 0.15) is 11.4 Å². The first-order valence-corrected chi connectivity index (χ1v) is 12.3. The van der Waals surface area contributed by atoms with Crippen molar-refractivity contribution in [2.45, 2.75) is 31.3 Å². The minimum absolute atomic E-state index is 0.205. The van der Waals surface area contributed by atoms with Crippen LogP contribution in [0.3, 0.4) is 0 Å². The van der Waals surface area contributed by atoms with Crippen LogP contribution < -0.4 is 4.74 Å². The van der Waals surface area contributed by atoms with Crippen LogP contribution in [0, 0.1) is 17.8 Å². The second kappa shape index (κ2) is 7.82. The van der Waals surface area contributed by atoms with E-state index in [1.54, 1.807) is 17.0 Å². The van der Waals surface area contributed by atoms with Crippen LogP contribution in [0.4, 0.5) is 4.79 Å². The molecule has 1 aromatic heterocycles. The standard InChI is InChI=1S/C23H28N2O5S/c1-23(2,3)30-22(26)25-12-18-19(13-25)20(18)14-29-16-7-5-15(6-8-16)21-10-9-17(11-24-21)31(4,27)28/h5-11,18-20H,12-14H2,1-4H3. The third-order valence-electron chi connectivity index (χ3n) is 5.78. The van der Waals surface area contributed by atoms with E-state index in [-0.39, 0.29) is 11.0 Å². The molecular weight excluding hydrogens is 416 g/mol. The summed E-state index contributed by atoms with van der Waals surface area (Å²) in [6.45, 7) is 7.75. The van der Waals surface area contributed by atoms with Gasteiger partial charge in [-0.15, -0.1) is 0 Å². The summed E-state index contributed by atoms with van der Waals surface area (Å²) in [6.07, 6.45) is 2.31. The largest absolute Gasteiger partial charge is 0.493 e. The molecule has 166 valence electrons. The summed E-state index contributed by atoms with van der Waals surface area (Å²) in [5.41, 5.74) is 1.13. The van der Waals surface area contributed by atoms with Crippen molar-refractivity contribution in [3.05, 3.63) is 42.6 Å². The lowest BCUT2D eigenvalue weighted by Crippen LogP contribution is -2.37. The van der Waals surface area contributed by atoms with Gasteiger partial charge in [-0.05, 0) is 69.0 Å². The normalized spacial score (nSPS) is 22.7. The fourth-order valence-electron chi connectivity index (χ4n) is 4.06. The summed E-state index contributed by atoms with van der Waals surface area (Å²) < 4.78 is 34.5. The Hall–Kier alpha value is -2.61. The smallest absolute Gasteiger partial charge is 0.410 e. The average molecular weight is 445 g/mol. The molecule has 2 aromatic rings. The van der Waals surface area contributed by atoms with Crippen molar-refractivity contribution in [3.63, 3.8) is 0 Å². The molecule has 1 aliphatic heterocycles. The van der Waals surface area contributed by atoms with Crippen molar-refractivity contribution in [2.24, 2.45) is 17.8 Å². The van der Waals surface area contributed by atoms with Gasteiger partial charge in [-0.2, -0.15) is 0 Å². The molecule has 0 spiro atoms. The number of sulfone groups is 1. The molecule has 2 aliphatic rings. The number of ether oxygens (including phenoxy) is 2. The van der Waals surface area contributed by atoms with Crippen LogP contribution in [0.1, 0.15) is 20.8 Å². The molecule has 1 saturated carbocycles. The Morgan fingerprint density at radius 1 is 1.10 bits per heavy atom. The topological polar surface area (TPSA) is 85.8 Å². The molecule has 8 heteroatoms. The van der Waals surface area contributed by atoms with E-state index in [0.29, 0.717) is 30.1 Å². The first-order chi connectivity index (χ1) is 14.5. The summed E-state index contributed by atoms with van der Waals surface area (Å²) in [5, 5.41) is 0. The van der Waals surface area contributed by atoms with Crippen LogP contribution in [0.2, 0.25) is 0 Å². The van der Waals surface area contributed by atoms with Crippen molar-refractivity contribution < 1.29 is 22.7 Å². The third kappa shape index (κ3) is 5.01. The number of piperidine rings is 1. The Morgan fingerprint density at radius 3 is 2.26 bits per heavy atom. The van der Waals surface area contributed by atoms with Crippen LogP contribution >= 0.6 is 0 Å². The fraction of sp³-hybridized carbons (Fsp3) is 0.478. The number of hydrogen-bond donors (Lipinski definition) is 0. The number of hydrogen-bond acceptors (Lipinski definition) is 6. The third-order valence-corrected chi connectivity index (χ3v) is 6.88. The number of amides is 1. The van der Waals surface area contributed by atoms with Gasteiger partial charge in [0.25, 0.3) is 0 Å². The first kappa shape index (κ1) is 21.6. The summed E-state index contributed by atoms with van der Waals surface area (Å²) >= 11 is 0. The molecule has 1 aromatic carbocycles.